The normalized spacial score (nSPS) is 20.5. The number of carboxylic acid groups (broad SMARTS) is 1. The lowest BCUT2D eigenvalue weighted by atomic mass is 10.0. The Hall–Kier alpha value is -2.38. The smallest absolute Gasteiger partial charge is 0.325 e. The van der Waals surface area contributed by atoms with Crippen molar-refractivity contribution < 1.29 is 14.7 Å². The number of para-hydroxylation sites is 1. The molecule has 2 aliphatic rings. The van der Waals surface area contributed by atoms with Gasteiger partial charge < -0.3 is 15.0 Å². The first-order valence-electron chi connectivity index (χ1n) is 10.7. The number of piperazine rings is 1. The van der Waals surface area contributed by atoms with Gasteiger partial charge in [-0.15, -0.1) is 0 Å². The van der Waals surface area contributed by atoms with Crippen LogP contribution in [0.4, 0.5) is 0 Å². The van der Waals surface area contributed by atoms with Gasteiger partial charge in [0.2, 0.25) is 5.91 Å². The van der Waals surface area contributed by atoms with Crippen molar-refractivity contribution in [2.75, 3.05) is 45.8 Å². The maximum Gasteiger partial charge on any atom is 0.325 e. The second-order valence-corrected chi connectivity index (χ2v) is 8.14. The van der Waals surface area contributed by atoms with Gasteiger partial charge in [0.15, 0.2) is 0 Å². The van der Waals surface area contributed by atoms with Crippen molar-refractivity contribution >= 4 is 22.8 Å². The van der Waals surface area contributed by atoms with E-state index in [2.05, 4.69) is 9.88 Å². The Morgan fingerprint density at radius 1 is 0.966 bits per heavy atom. The van der Waals surface area contributed by atoms with Crippen molar-refractivity contribution in [1.29, 1.82) is 0 Å². The van der Waals surface area contributed by atoms with Crippen molar-refractivity contribution in [2.45, 2.75) is 31.7 Å². The van der Waals surface area contributed by atoms with E-state index in [4.69, 9.17) is 0 Å². The lowest BCUT2D eigenvalue weighted by Crippen LogP contribution is -2.52. The van der Waals surface area contributed by atoms with Crippen LogP contribution in [0, 0.1) is 0 Å². The minimum Gasteiger partial charge on any atom is -0.480 e. The zero-order valence-corrected chi connectivity index (χ0v) is 16.8. The molecule has 2 N–H and O–H groups in total. The Kier molecular flexibility index (Phi) is 6.16. The molecule has 2 saturated heterocycles. The molecule has 2 fully saturated rings. The summed E-state index contributed by atoms with van der Waals surface area (Å²) in [5, 5.41) is 10.9. The lowest BCUT2D eigenvalue weighted by molar-refractivity contribution is -0.145. The molecule has 29 heavy (non-hydrogen) atoms. The summed E-state index contributed by atoms with van der Waals surface area (Å²) < 4.78 is 0. The number of H-pyrrole nitrogens is 1. The third-order valence-corrected chi connectivity index (χ3v) is 6.24. The number of carbonyl (C=O) groups is 2. The van der Waals surface area contributed by atoms with Crippen LogP contribution in [0.5, 0.6) is 0 Å². The first-order chi connectivity index (χ1) is 14.1. The zero-order valence-electron chi connectivity index (χ0n) is 16.8. The van der Waals surface area contributed by atoms with E-state index in [1.165, 1.54) is 12.8 Å². The molecule has 1 amide bonds. The van der Waals surface area contributed by atoms with E-state index < -0.39 is 12.0 Å². The molecule has 3 heterocycles. The van der Waals surface area contributed by atoms with Crippen LogP contribution in [0.2, 0.25) is 0 Å². The number of benzene rings is 1. The number of aromatic nitrogens is 1. The molecule has 1 aromatic carbocycles. The fourth-order valence-corrected chi connectivity index (χ4v) is 4.60. The summed E-state index contributed by atoms with van der Waals surface area (Å²) in [7, 11) is 0. The second kappa shape index (κ2) is 8.97. The third kappa shape index (κ3) is 4.46. The number of rotatable bonds is 5. The molecule has 0 bridgehead atoms. The number of hydrogen-bond acceptors (Lipinski definition) is 4. The molecule has 156 valence electrons. The fourth-order valence-electron chi connectivity index (χ4n) is 4.60. The van der Waals surface area contributed by atoms with Crippen LogP contribution >= 0.6 is 0 Å². The minimum atomic E-state index is -0.830. The number of fused-ring (bicyclic) bond motifs is 1. The van der Waals surface area contributed by atoms with Crippen LogP contribution in [0.3, 0.4) is 0 Å². The van der Waals surface area contributed by atoms with Crippen molar-refractivity contribution in [1.82, 2.24) is 19.7 Å². The molecule has 0 radical (unpaired) electrons. The highest BCUT2D eigenvalue weighted by Gasteiger charge is 2.32. The monoisotopic (exact) mass is 398 g/mol. The minimum absolute atomic E-state index is 0.215. The van der Waals surface area contributed by atoms with E-state index >= 15 is 0 Å². The summed E-state index contributed by atoms with van der Waals surface area (Å²) in [6.07, 6.45) is 6.45. The highest BCUT2D eigenvalue weighted by Crippen LogP contribution is 2.29. The molecule has 7 heteroatoms. The van der Waals surface area contributed by atoms with Crippen molar-refractivity contribution in [3.8, 4) is 0 Å². The Morgan fingerprint density at radius 3 is 2.34 bits per heavy atom. The van der Waals surface area contributed by atoms with Crippen LogP contribution in [0.15, 0.2) is 30.5 Å². The summed E-state index contributed by atoms with van der Waals surface area (Å²) in [4.78, 5) is 34.1. The van der Waals surface area contributed by atoms with E-state index in [1.54, 1.807) is 0 Å². The fraction of sp³-hybridized carbons (Fsp3) is 0.545. The van der Waals surface area contributed by atoms with Gasteiger partial charge in [0.05, 0.1) is 6.54 Å². The lowest BCUT2D eigenvalue weighted by Gasteiger charge is -2.38. The number of aromatic amines is 1. The molecule has 2 aliphatic heterocycles. The Balaban J connectivity index is 1.38. The second-order valence-electron chi connectivity index (χ2n) is 8.14. The van der Waals surface area contributed by atoms with Crippen molar-refractivity contribution in [3.05, 3.63) is 36.0 Å². The number of nitrogens with one attached hydrogen (secondary N) is 1. The van der Waals surface area contributed by atoms with Gasteiger partial charge in [-0.2, -0.15) is 0 Å². The molecule has 4 rings (SSSR count). The summed E-state index contributed by atoms with van der Waals surface area (Å²) >= 11 is 0. The van der Waals surface area contributed by atoms with Gasteiger partial charge in [-0.1, -0.05) is 31.0 Å². The van der Waals surface area contributed by atoms with Crippen LogP contribution < -0.4 is 0 Å². The van der Waals surface area contributed by atoms with E-state index in [0.29, 0.717) is 32.7 Å². The van der Waals surface area contributed by atoms with Gasteiger partial charge in [0, 0.05) is 61.9 Å². The number of carboxylic acids is 1. The number of aliphatic carboxylic acids is 1. The largest absolute Gasteiger partial charge is 0.480 e. The van der Waals surface area contributed by atoms with Gasteiger partial charge in [-0.25, -0.2) is 0 Å². The van der Waals surface area contributed by atoms with E-state index in [-0.39, 0.29) is 5.91 Å². The van der Waals surface area contributed by atoms with Crippen molar-refractivity contribution in [2.24, 2.45) is 0 Å². The number of hydrogen-bond donors (Lipinski definition) is 2. The number of carbonyl (C=O) groups excluding carboxylic acids is 1. The Morgan fingerprint density at radius 2 is 1.66 bits per heavy atom. The van der Waals surface area contributed by atoms with Crippen LogP contribution in [0.25, 0.3) is 10.9 Å². The Labute approximate surface area is 171 Å². The topological polar surface area (TPSA) is 79.9 Å². The summed E-state index contributed by atoms with van der Waals surface area (Å²) in [5.74, 6) is -0.615. The SMILES string of the molecule is O=C(O)[C@@H](c1c[nH]c2ccccc12)N1CCN(CC(=O)N2CCCCCC2)CC1. The molecule has 7 nitrogen and oxygen atoms in total. The maximum absolute atomic E-state index is 12.6. The van der Waals surface area contributed by atoms with Crippen molar-refractivity contribution in [3.63, 3.8) is 0 Å². The van der Waals surface area contributed by atoms with Crippen LogP contribution in [0.1, 0.15) is 37.3 Å². The third-order valence-electron chi connectivity index (χ3n) is 6.24. The standard InChI is InChI=1S/C22H30N4O3/c27-20(25-9-5-1-2-6-10-25)16-24-11-13-26(14-12-24)21(22(28)29)18-15-23-19-8-4-3-7-17(18)19/h3-4,7-8,15,21,23H,1-2,5-6,9-14,16H2,(H,28,29)/t21-/m1/s1. The summed E-state index contributed by atoms with van der Waals surface area (Å²) in [5.41, 5.74) is 1.76. The summed E-state index contributed by atoms with van der Waals surface area (Å²) in [6, 6.07) is 7.13. The van der Waals surface area contributed by atoms with E-state index in [0.717, 1.165) is 42.4 Å². The van der Waals surface area contributed by atoms with E-state index in [1.807, 2.05) is 40.3 Å². The zero-order chi connectivity index (χ0) is 20.2. The van der Waals surface area contributed by atoms with Gasteiger partial charge in [-0.05, 0) is 18.9 Å². The number of nitrogens with zero attached hydrogens (tertiary/aromatic N) is 3. The van der Waals surface area contributed by atoms with Crippen LogP contribution in [-0.4, -0.2) is 82.5 Å². The Bertz CT molecular complexity index is 849. The molecule has 2 aromatic rings. The highest BCUT2D eigenvalue weighted by molar-refractivity contribution is 5.89. The molecule has 0 unspecified atom stereocenters. The maximum atomic E-state index is 12.6. The summed E-state index contributed by atoms with van der Waals surface area (Å²) in [6.45, 7) is 4.91. The van der Waals surface area contributed by atoms with Gasteiger partial charge >= 0.3 is 5.97 Å². The molecular weight excluding hydrogens is 368 g/mol. The average molecular weight is 399 g/mol. The number of amides is 1. The molecule has 1 atom stereocenters. The molecular formula is C22H30N4O3. The first kappa shape index (κ1) is 19.9. The highest BCUT2D eigenvalue weighted by atomic mass is 16.4. The van der Waals surface area contributed by atoms with Crippen LogP contribution in [-0.2, 0) is 9.59 Å². The number of likely N-dealkylation sites (tertiary alicyclic amines) is 1. The van der Waals surface area contributed by atoms with Gasteiger partial charge in [0.1, 0.15) is 6.04 Å². The van der Waals surface area contributed by atoms with Gasteiger partial charge in [0.25, 0.3) is 0 Å². The van der Waals surface area contributed by atoms with E-state index in [9.17, 15) is 14.7 Å². The van der Waals surface area contributed by atoms with Gasteiger partial charge in [-0.3, -0.25) is 19.4 Å². The molecule has 1 aromatic heterocycles. The predicted molar refractivity (Wildman–Crippen MR) is 112 cm³/mol. The molecule has 0 aliphatic carbocycles. The predicted octanol–water partition coefficient (Wildman–Crippen LogP) is 2.31. The molecule has 0 spiro atoms. The average Bonchev–Trinajstić information content (AvgIpc) is 2.95. The molecule has 0 saturated carbocycles. The first-order valence-corrected chi connectivity index (χ1v) is 10.7. The quantitative estimate of drug-likeness (QED) is 0.808.